The largest absolute Gasteiger partial charge is 0.503 e. The van der Waals surface area contributed by atoms with Crippen LogP contribution in [0.5, 0.6) is 0 Å². The first kappa shape index (κ1) is 12.1. The summed E-state index contributed by atoms with van der Waals surface area (Å²) in [6.45, 7) is 0. The van der Waals surface area contributed by atoms with Crippen LogP contribution >= 0.6 is 0 Å². The van der Waals surface area contributed by atoms with Gasteiger partial charge in [0.25, 0.3) is 0 Å². The third kappa shape index (κ3) is 1.79. The van der Waals surface area contributed by atoms with E-state index in [4.69, 9.17) is 18.0 Å². The Bertz CT molecular complexity index is 286. The molecule has 5 heteroatoms. The van der Waals surface area contributed by atoms with Crippen molar-refractivity contribution < 1.29 is 18.0 Å². The van der Waals surface area contributed by atoms with Crippen LogP contribution in [0.15, 0.2) is 0 Å². The van der Waals surface area contributed by atoms with E-state index in [1.54, 1.807) is 21.3 Å². The third-order valence-electron chi connectivity index (χ3n) is 5.01. The zero-order chi connectivity index (χ0) is 12.0. The molecule has 0 aromatic heterocycles. The lowest BCUT2D eigenvalue weighted by atomic mass is 9.82. The summed E-state index contributed by atoms with van der Waals surface area (Å²) in [6.07, 6.45) is 5.99. The number of ether oxygens (including phenoxy) is 1. The Balaban J connectivity index is 1.78. The lowest BCUT2D eigenvalue weighted by molar-refractivity contribution is 0.0994. The molecule has 0 aromatic carbocycles. The first-order valence-electron chi connectivity index (χ1n) is 6.55. The molecular formula is C12H22O4Si. The smallest absolute Gasteiger partial charge is 0.377 e. The van der Waals surface area contributed by atoms with Gasteiger partial charge in [-0.2, -0.15) is 0 Å². The van der Waals surface area contributed by atoms with Crippen LogP contribution in [0.4, 0.5) is 0 Å². The molecule has 98 valence electrons. The van der Waals surface area contributed by atoms with Crippen LogP contribution in [-0.4, -0.2) is 42.3 Å². The molecule has 5 unspecified atom stereocenters. The topological polar surface area (TPSA) is 40.2 Å². The molecule has 2 aliphatic carbocycles. The van der Waals surface area contributed by atoms with Gasteiger partial charge in [0, 0.05) is 26.9 Å². The quantitative estimate of drug-likeness (QED) is 0.570. The SMILES string of the molecule is CO[Si](OC)(OC)C1CCC2CC3OC3CC21. The van der Waals surface area contributed by atoms with E-state index >= 15 is 0 Å². The fourth-order valence-corrected chi connectivity index (χ4v) is 6.96. The maximum absolute atomic E-state index is 5.67. The van der Waals surface area contributed by atoms with Crippen molar-refractivity contribution in [1.82, 2.24) is 0 Å². The molecule has 1 aliphatic heterocycles. The van der Waals surface area contributed by atoms with Gasteiger partial charge in [-0.15, -0.1) is 0 Å². The van der Waals surface area contributed by atoms with Crippen LogP contribution in [0.1, 0.15) is 25.7 Å². The van der Waals surface area contributed by atoms with Crippen LogP contribution in [-0.2, 0) is 18.0 Å². The molecule has 0 amide bonds. The number of rotatable bonds is 4. The first-order valence-corrected chi connectivity index (χ1v) is 8.35. The van der Waals surface area contributed by atoms with E-state index in [1.165, 1.54) is 25.7 Å². The Morgan fingerprint density at radius 1 is 0.941 bits per heavy atom. The maximum atomic E-state index is 5.67. The Morgan fingerprint density at radius 2 is 1.59 bits per heavy atom. The van der Waals surface area contributed by atoms with Gasteiger partial charge >= 0.3 is 8.80 Å². The Hall–Kier alpha value is 0.0569. The van der Waals surface area contributed by atoms with Gasteiger partial charge in [-0.3, -0.25) is 0 Å². The summed E-state index contributed by atoms with van der Waals surface area (Å²) in [5, 5.41) is 0. The van der Waals surface area contributed by atoms with E-state index in [0.717, 1.165) is 5.92 Å². The second-order valence-corrected chi connectivity index (χ2v) is 8.68. The third-order valence-corrected chi connectivity index (χ3v) is 8.34. The summed E-state index contributed by atoms with van der Waals surface area (Å²) in [4.78, 5) is 0. The fourth-order valence-electron chi connectivity index (χ4n) is 4.10. The van der Waals surface area contributed by atoms with Crippen LogP contribution < -0.4 is 0 Å². The van der Waals surface area contributed by atoms with Crippen molar-refractivity contribution in [2.45, 2.75) is 43.4 Å². The molecule has 3 rings (SSSR count). The Morgan fingerprint density at radius 3 is 2.24 bits per heavy atom. The molecule has 3 fully saturated rings. The van der Waals surface area contributed by atoms with E-state index in [-0.39, 0.29) is 0 Å². The van der Waals surface area contributed by atoms with E-state index in [1.807, 2.05) is 0 Å². The molecule has 0 aromatic rings. The van der Waals surface area contributed by atoms with E-state index in [0.29, 0.717) is 23.7 Å². The normalized spacial score (nSPS) is 44.3. The van der Waals surface area contributed by atoms with Crippen molar-refractivity contribution in [2.24, 2.45) is 11.8 Å². The monoisotopic (exact) mass is 258 g/mol. The molecule has 0 radical (unpaired) electrons. The minimum absolute atomic E-state index is 0.470. The molecule has 1 saturated heterocycles. The molecule has 0 spiro atoms. The zero-order valence-corrected chi connectivity index (χ0v) is 11.8. The van der Waals surface area contributed by atoms with Crippen molar-refractivity contribution in [3.05, 3.63) is 0 Å². The van der Waals surface area contributed by atoms with Gasteiger partial charge in [-0.25, -0.2) is 0 Å². The van der Waals surface area contributed by atoms with Gasteiger partial charge in [-0.05, 0) is 37.5 Å². The Labute approximate surface area is 104 Å². The summed E-state index contributed by atoms with van der Waals surface area (Å²) in [5.41, 5.74) is 0.470. The van der Waals surface area contributed by atoms with Crippen molar-refractivity contribution >= 4 is 8.80 Å². The van der Waals surface area contributed by atoms with Crippen LogP contribution in [0.25, 0.3) is 0 Å². The second-order valence-electron chi connectivity index (χ2n) is 5.51. The van der Waals surface area contributed by atoms with Crippen molar-refractivity contribution in [3.63, 3.8) is 0 Å². The lowest BCUT2D eigenvalue weighted by Crippen LogP contribution is -2.49. The molecule has 1 heterocycles. The fraction of sp³-hybridized carbons (Fsp3) is 1.00. The Kier molecular flexibility index (Phi) is 3.07. The predicted molar refractivity (Wildman–Crippen MR) is 64.6 cm³/mol. The van der Waals surface area contributed by atoms with Crippen LogP contribution in [0.2, 0.25) is 5.54 Å². The molecular weight excluding hydrogens is 236 g/mol. The van der Waals surface area contributed by atoms with Crippen molar-refractivity contribution in [1.29, 1.82) is 0 Å². The van der Waals surface area contributed by atoms with Gasteiger partial charge < -0.3 is 18.0 Å². The number of fused-ring (bicyclic) bond motifs is 2. The average molecular weight is 258 g/mol. The summed E-state index contributed by atoms with van der Waals surface area (Å²) in [7, 11) is 2.72. The lowest BCUT2D eigenvalue weighted by Gasteiger charge is -2.35. The summed E-state index contributed by atoms with van der Waals surface area (Å²) in [5.74, 6) is 1.49. The molecule has 3 aliphatic rings. The average Bonchev–Trinajstić information content (AvgIpc) is 3.01. The highest BCUT2D eigenvalue weighted by Crippen LogP contribution is 2.57. The summed E-state index contributed by atoms with van der Waals surface area (Å²) >= 11 is 0. The second kappa shape index (κ2) is 4.31. The summed E-state index contributed by atoms with van der Waals surface area (Å²) < 4.78 is 22.7. The van der Waals surface area contributed by atoms with E-state index < -0.39 is 8.80 Å². The molecule has 0 bridgehead atoms. The molecule has 4 nitrogen and oxygen atoms in total. The highest BCUT2D eigenvalue weighted by molar-refractivity contribution is 6.62. The predicted octanol–water partition coefficient (Wildman–Crippen LogP) is 1.82. The standard InChI is InChI=1S/C12H22O4Si/c1-13-17(14-2,15-3)12-5-4-8-6-10-11(16-10)7-9(8)12/h8-12H,4-7H2,1-3H3. The van der Waals surface area contributed by atoms with Crippen LogP contribution in [0.3, 0.4) is 0 Å². The van der Waals surface area contributed by atoms with E-state index in [2.05, 4.69) is 0 Å². The van der Waals surface area contributed by atoms with Crippen molar-refractivity contribution in [2.75, 3.05) is 21.3 Å². The number of epoxide rings is 1. The molecule has 5 atom stereocenters. The minimum Gasteiger partial charge on any atom is -0.377 e. The molecule has 2 saturated carbocycles. The number of hydrogen-bond acceptors (Lipinski definition) is 4. The van der Waals surface area contributed by atoms with Gasteiger partial charge in [0.15, 0.2) is 0 Å². The first-order chi connectivity index (χ1) is 8.24. The van der Waals surface area contributed by atoms with Crippen LogP contribution in [0, 0.1) is 11.8 Å². The van der Waals surface area contributed by atoms with Gasteiger partial charge in [0.05, 0.1) is 12.2 Å². The van der Waals surface area contributed by atoms with Crippen molar-refractivity contribution in [3.8, 4) is 0 Å². The highest BCUT2D eigenvalue weighted by atomic mass is 28.4. The van der Waals surface area contributed by atoms with Gasteiger partial charge in [-0.1, -0.05) is 0 Å². The van der Waals surface area contributed by atoms with Gasteiger partial charge in [0.1, 0.15) is 0 Å². The van der Waals surface area contributed by atoms with Gasteiger partial charge in [0.2, 0.25) is 0 Å². The molecule has 17 heavy (non-hydrogen) atoms. The maximum Gasteiger partial charge on any atom is 0.503 e. The highest BCUT2D eigenvalue weighted by Gasteiger charge is 2.60. The zero-order valence-electron chi connectivity index (χ0n) is 10.8. The number of hydrogen-bond donors (Lipinski definition) is 0. The molecule has 0 N–H and O–H groups in total. The van der Waals surface area contributed by atoms with E-state index in [9.17, 15) is 0 Å². The summed E-state index contributed by atoms with van der Waals surface area (Å²) in [6, 6.07) is 0. The minimum atomic E-state index is -2.46.